The number of fused-ring (bicyclic) bond motifs is 1. The van der Waals surface area contributed by atoms with Crippen LogP contribution in [0, 0.1) is 5.92 Å². The molecule has 0 radical (unpaired) electrons. The highest BCUT2D eigenvalue weighted by molar-refractivity contribution is 6.32. The standard InChI is InChI=1S/C22H26ClN3O2/c1-16(2)22(27)24-15-21-25-18-10-4-5-11-19(18)26(21)13-7-8-14-28-20-12-6-3-9-17(20)23/h3-6,9-12,16H,7-8,13-15H2,1-2H3,(H,24,27). The van der Waals surface area contributed by atoms with Gasteiger partial charge in [-0.3, -0.25) is 4.79 Å². The van der Waals surface area contributed by atoms with Gasteiger partial charge in [0.15, 0.2) is 0 Å². The van der Waals surface area contributed by atoms with Crippen LogP contribution in [-0.4, -0.2) is 22.1 Å². The van der Waals surface area contributed by atoms with Crippen molar-refractivity contribution in [2.24, 2.45) is 5.92 Å². The Morgan fingerprint density at radius 2 is 1.89 bits per heavy atom. The summed E-state index contributed by atoms with van der Waals surface area (Å²) in [6, 6.07) is 15.6. The summed E-state index contributed by atoms with van der Waals surface area (Å²) in [7, 11) is 0. The SMILES string of the molecule is CC(C)C(=O)NCc1nc2ccccc2n1CCCCOc1ccccc1Cl. The molecular weight excluding hydrogens is 374 g/mol. The second-order valence-electron chi connectivity index (χ2n) is 7.03. The fourth-order valence-corrected chi connectivity index (χ4v) is 3.19. The third-order valence-electron chi connectivity index (χ3n) is 4.55. The first-order valence-corrected chi connectivity index (χ1v) is 10.0. The Bertz CT molecular complexity index is 936. The molecular formula is C22H26ClN3O2. The number of carbonyl (C=O) groups excluding carboxylic acids is 1. The van der Waals surface area contributed by atoms with Crippen LogP contribution in [0.1, 0.15) is 32.5 Å². The van der Waals surface area contributed by atoms with Crippen LogP contribution >= 0.6 is 11.6 Å². The van der Waals surface area contributed by atoms with E-state index in [1.54, 1.807) is 0 Å². The zero-order valence-corrected chi connectivity index (χ0v) is 17.1. The lowest BCUT2D eigenvalue weighted by atomic mass is 10.2. The zero-order valence-electron chi connectivity index (χ0n) is 16.3. The van der Waals surface area contributed by atoms with Gasteiger partial charge in [-0.1, -0.05) is 49.7 Å². The van der Waals surface area contributed by atoms with Gasteiger partial charge in [-0.25, -0.2) is 4.98 Å². The monoisotopic (exact) mass is 399 g/mol. The first kappa shape index (κ1) is 20.2. The number of amides is 1. The lowest BCUT2D eigenvalue weighted by Crippen LogP contribution is -2.28. The highest BCUT2D eigenvalue weighted by atomic mass is 35.5. The van der Waals surface area contributed by atoms with Crippen molar-refractivity contribution in [3.05, 3.63) is 59.4 Å². The minimum Gasteiger partial charge on any atom is -0.492 e. The number of aromatic nitrogens is 2. The van der Waals surface area contributed by atoms with E-state index in [2.05, 4.69) is 16.0 Å². The summed E-state index contributed by atoms with van der Waals surface area (Å²) in [4.78, 5) is 16.6. The minimum atomic E-state index is -0.0419. The van der Waals surface area contributed by atoms with Gasteiger partial charge in [-0.15, -0.1) is 0 Å². The molecule has 0 spiro atoms. The Labute approximate surface area is 170 Å². The number of hydrogen-bond donors (Lipinski definition) is 1. The Hall–Kier alpha value is -2.53. The molecule has 3 aromatic rings. The first-order chi connectivity index (χ1) is 13.6. The molecule has 1 amide bonds. The number of nitrogens with zero attached hydrogens (tertiary/aromatic N) is 2. The van der Waals surface area contributed by atoms with E-state index in [1.165, 1.54) is 0 Å². The molecule has 2 aromatic carbocycles. The highest BCUT2D eigenvalue weighted by Crippen LogP contribution is 2.23. The number of ether oxygens (including phenoxy) is 1. The summed E-state index contributed by atoms with van der Waals surface area (Å²) >= 11 is 6.12. The molecule has 0 saturated carbocycles. The minimum absolute atomic E-state index is 0.0340. The normalized spacial score (nSPS) is 11.1. The molecule has 0 bridgehead atoms. The average molecular weight is 400 g/mol. The summed E-state index contributed by atoms with van der Waals surface area (Å²) in [5, 5.41) is 3.60. The van der Waals surface area contributed by atoms with Crippen LogP contribution in [0.5, 0.6) is 5.75 Å². The smallest absolute Gasteiger partial charge is 0.222 e. The first-order valence-electron chi connectivity index (χ1n) is 9.65. The van der Waals surface area contributed by atoms with Crippen LogP contribution in [0.4, 0.5) is 0 Å². The van der Waals surface area contributed by atoms with E-state index in [0.717, 1.165) is 36.2 Å². The number of rotatable bonds is 9. The van der Waals surface area contributed by atoms with E-state index in [-0.39, 0.29) is 11.8 Å². The maximum Gasteiger partial charge on any atom is 0.222 e. The quantitative estimate of drug-likeness (QED) is 0.525. The largest absolute Gasteiger partial charge is 0.492 e. The Morgan fingerprint density at radius 1 is 1.14 bits per heavy atom. The van der Waals surface area contributed by atoms with Crippen LogP contribution in [-0.2, 0) is 17.9 Å². The van der Waals surface area contributed by atoms with Crippen LogP contribution in [0.2, 0.25) is 5.02 Å². The van der Waals surface area contributed by atoms with E-state index in [0.29, 0.717) is 23.9 Å². The molecule has 0 aliphatic heterocycles. The number of benzene rings is 2. The predicted molar refractivity (Wildman–Crippen MR) is 113 cm³/mol. The van der Waals surface area contributed by atoms with Crippen molar-refractivity contribution in [1.82, 2.24) is 14.9 Å². The van der Waals surface area contributed by atoms with Crippen LogP contribution in [0.25, 0.3) is 11.0 Å². The molecule has 148 valence electrons. The molecule has 0 fully saturated rings. The number of carbonyl (C=O) groups is 1. The third kappa shape index (κ3) is 5.04. The molecule has 0 aliphatic carbocycles. The number of nitrogens with one attached hydrogen (secondary N) is 1. The summed E-state index contributed by atoms with van der Waals surface area (Å²) in [5.74, 6) is 1.59. The van der Waals surface area contributed by atoms with E-state index >= 15 is 0 Å². The number of para-hydroxylation sites is 3. The summed E-state index contributed by atoms with van der Waals surface area (Å²) in [5.41, 5.74) is 2.03. The molecule has 0 unspecified atom stereocenters. The number of hydrogen-bond acceptors (Lipinski definition) is 3. The van der Waals surface area contributed by atoms with Crippen molar-refractivity contribution in [1.29, 1.82) is 0 Å². The van der Waals surface area contributed by atoms with Gasteiger partial charge in [0.05, 0.1) is 29.2 Å². The number of halogens is 1. The molecule has 6 heteroatoms. The van der Waals surface area contributed by atoms with Crippen molar-refractivity contribution >= 4 is 28.5 Å². The van der Waals surface area contributed by atoms with Crippen molar-refractivity contribution in [2.45, 2.75) is 39.8 Å². The molecule has 3 rings (SSSR count). The van der Waals surface area contributed by atoms with Gasteiger partial charge in [0.25, 0.3) is 0 Å². The predicted octanol–water partition coefficient (Wildman–Crippen LogP) is 4.82. The molecule has 1 aromatic heterocycles. The van der Waals surface area contributed by atoms with E-state index in [1.807, 2.05) is 56.3 Å². The highest BCUT2D eigenvalue weighted by Gasteiger charge is 2.12. The second kappa shape index (κ2) is 9.60. The van der Waals surface area contributed by atoms with Gasteiger partial charge >= 0.3 is 0 Å². The van der Waals surface area contributed by atoms with Gasteiger partial charge in [0, 0.05) is 12.5 Å². The van der Waals surface area contributed by atoms with Crippen LogP contribution in [0.3, 0.4) is 0 Å². The Balaban J connectivity index is 1.60. The fourth-order valence-electron chi connectivity index (χ4n) is 3.00. The van der Waals surface area contributed by atoms with Crippen LogP contribution in [0.15, 0.2) is 48.5 Å². The topological polar surface area (TPSA) is 56.2 Å². The second-order valence-corrected chi connectivity index (χ2v) is 7.43. The lowest BCUT2D eigenvalue weighted by molar-refractivity contribution is -0.124. The number of imidazole rings is 1. The van der Waals surface area contributed by atoms with Crippen LogP contribution < -0.4 is 10.1 Å². The van der Waals surface area contributed by atoms with Gasteiger partial charge in [-0.2, -0.15) is 0 Å². The maximum absolute atomic E-state index is 11.9. The molecule has 1 N–H and O–H groups in total. The molecule has 0 atom stereocenters. The van der Waals surface area contributed by atoms with Crippen molar-refractivity contribution < 1.29 is 9.53 Å². The zero-order chi connectivity index (χ0) is 19.9. The average Bonchev–Trinajstić information content (AvgIpc) is 3.04. The summed E-state index contributed by atoms with van der Waals surface area (Å²) < 4.78 is 7.95. The Kier molecular flexibility index (Phi) is 6.93. The van der Waals surface area contributed by atoms with Crippen molar-refractivity contribution in [3.8, 4) is 5.75 Å². The van der Waals surface area contributed by atoms with E-state index in [4.69, 9.17) is 21.3 Å². The summed E-state index contributed by atoms with van der Waals surface area (Å²) in [6.07, 6.45) is 1.84. The number of unbranched alkanes of at least 4 members (excludes halogenated alkanes) is 1. The van der Waals surface area contributed by atoms with Gasteiger partial charge in [0.2, 0.25) is 5.91 Å². The summed E-state index contributed by atoms with van der Waals surface area (Å²) in [6.45, 7) is 5.63. The van der Waals surface area contributed by atoms with E-state index < -0.39 is 0 Å². The Morgan fingerprint density at radius 3 is 2.68 bits per heavy atom. The van der Waals surface area contributed by atoms with E-state index in [9.17, 15) is 4.79 Å². The van der Waals surface area contributed by atoms with Gasteiger partial charge in [0.1, 0.15) is 11.6 Å². The third-order valence-corrected chi connectivity index (χ3v) is 4.86. The van der Waals surface area contributed by atoms with Gasteiger partial charge in [-0.05, 0) is 37.1 Å². The molecule has 0 aliphatic rings. The lowest BCUT2D eigenvalue weighted by Gasteiger charge is -2.12. The number of aryl methyl sites for hydroxylation is 1. The molecule has 1 heterocycles. The van der Waals surface area contributed by atoms with Crippen molar-refractivity contribution in [2.75, 3.05) is 6.61 Å². The van der Waals surface area contributed by atoms with Crippen molar-refractivity contribution in [3.63, 3.8) is 0 Å². The molecule has 28 heavy (non-hydrogen) atoms. The molecule has 0 saturated heterocycles. The van der Waals surface area contributed by atoms with Gasteiger partial charge < -0.3 is 14.6 Å². The maximum atomic E-state index is 11.9. The molecule has 5 nitrogen and oxygen atoms in total. The fraction of sp³-hybridized carbons (Fsp3) is 0.364.